The summed E-state index contributed by atoms with van der Waals surface area (Å²) in [6.07, 6.45) is 4.90. The second-order valence-corrected chi connectivity index (χ2v) is 4.87. The van der Waals surface area contributed by atoms with Gasteiger partial charge >= 0.3 is 0 Å². The zero-order valence-electron chi connectivity index (χ0n) is 11.4. The molecule has 1 fully saturated rings. The van der Waals surface area contributed by atoms with Crippen LogP contribution in [0, 0.1) is 0 Å². The van der Waals surface area contributed by atoms with Crippen LogP contribution in [0.15, 0.2) is 12.5 Å². The van der Waals surface area contributed by atoms with Crippen molar-refractivity contribution in [2.45, 2.75) is 39.0 Å². The molecule has 102 valence electrons. The summed E-state index contributed by atoms with van der Waals surface area (Å²) >= 11 is 0. The van der Waals surface area contributed by atoms with Crippen molar-refractivity contribution in [3.8, 4) is 0 Å². The number of imidazole rings is 1. The van der Waals surface area contributed by atoms with Crippen molar-refractivity contribution in [3.05, 3.63) is 18.2 Å². The highest BCUT2D eigenvalue weighted by molar-refractivity contribution is 5.04. The number of hydrogen-bond acceptors (Lipinski definition) is 4. The van der Waals surface area contributed by atoms with E-state index in [0.29, 0.717) is 0 Å². The molecule has 1 unspecified atom stereocenters. The number of ether oxygens (including phenoxy) is 1. The largest absolute Gasteiger partial charge is 0.374 e. The topological polar surface area (TPSA) is 56.3 Å². The van der Waals surface area contributed by atoms with Gasteiger partial charge in [-0.15, -0.1) is 0 Å². The van der Waals surface area contributed by atoms with Crippen LogP contribution in [0.1, 0.15) is 32.0 Å². The zero-order valence-corrected chi connectivity index (χ0v) is 11.4. The van der Waals surface area contributed by atoms with Gasteiger partial charge < -0.3 is 15.0 Å². The Morgan fingerprint density at radius 3 is 3.11 bits per heavy atom. The second-order valence-electron chi connectivity index (χ2n) is 4.87. The molecule has 2 heterocycles. The lowest BCUT2D eigenvalue weighted by Crippen LogP contribution is -2.44. The Morgan fingerprint density at radius 1 is 1.56 bits per heavy atom. The first-order chi connectivity index (χ1) is 8.74. The SMILES string of the molecule is CC[C@@H](N)c1cncn1CC1CN(CC)CCO1. The Labute approximate surface area is 109 Å². The van der Waals surface area contributed by atoms with Crippen molar-refractivity contribution < 1.29 is 4.74 Å². The molecule has 0 bridgehead atoms. The molecular weight excluding hydrogens is 228 g/mol. The van der Waals surface area contributed by atoms with E-state index in [2.05, 4.69) is 28.3 Å². The average Bonchev–Trinajstić information content (AvgIpc) is 2.86. The van der Waals surface area contributed by atoms with E-state index in [9.17, 15) is 0 Å². The van der Waals surface area contributed by atoms with Crippen molar-refractivity contribution in [2.24, 2.45) is 5.73 Å². The lowest BCUT2D eigenvalue weighted by molar-refractivity contribution is -0.0347. The van der Waals surface area contributed by atoms with E-state index in [4.69, 9.17) is 10.5 Å². The van der Waals surface area contributed by atoms with Crippen LogP contribution in [0.3, 0.4) is 0 Å². The van der Waals surface area contributed by atoms with Gasteiger partial charge in [-0.1, -0.05) is 13.8 Å². The van der Waals surface area contributed by atoms with Crippen LogP contribution < -0.4 is 5.73 Å². The van der Waals surface area contributed by atoms with E-state index >= 15 is 0 Å². The Bertz CT molecular complexity index is 366. The highest BCUT2D eigenvalue weighted by Crippen LogP contribution is 2.15. The van der Waals surface area contributed by atoms with Crippen LogP contribution >= 0.6 is 0 Å². The number of rotatable bonds is 5. The lowest BCUT2D eigenvalue weighted by Gasteiger charge is -2.32. The standard InChI is InChI=1S/C13H24N4O/c1-3-12(14)13-7-15-10-17(13)9-11-8-16(4-2)5-6-18-11/h7,10-12H,3-6,8-9,14H2,1-2H3/t11?,12-/m1/s1. The van der Waals surface area contributed by atoms with Crippen LogP contribution in [-0.4, -0.2) is 46.8 Å². The Balaban J connectivity index is 1.98. The van der Waals surface area contributed by atoms with Crippen molar-refractivity contribution in [3.63, 3.8) is 0 Å². The van der Waals surface area contributed by atoms with Crippen LogP contribution in [-0.2, 0) is 11.3 Å². The summed E-state index contributed by atoms with van der Waals surface area (Å²) in [5, 5.41) is 0. The van der Waals surface area contributed by atoms with Crippen LogP contribution in [0.4, 0.5) is 0 Å². The summed E-state index contributed by atoms with van der Waals surface area (Å²) in [6, 6.07) is 0.0679. The normalized spacial score (nSPS) is 23.2. The molecular formula is C13H24N4O. The van der Waals surface area contributed by atoms with Gasteiger partial charge in [-0.25, -0.2) is 4.98 Å². The Hall–Kier alpha value is -0.910. The summed E-state index contributed by atoms with van der Waals surface area (Å²) in [5.74, 6) is 0. The van der Waals surface area contributed by atoms with Crippen LogP contribution in [0.2, 0.25) is 0 Å². The molecule has 1 saturated heterocycles. The molecule has 1 aromatic rings. The molecule has 0 aliphatic carbocycles. The van der Waals surface area contributed by atoms with E-state index in [1.807, 2.05) is 12.5 Å². The van der Waals surface area contributed by atoms with Crippen molar-refractivity contribution in [2.75, 3.05) is 26.2 Å². The number of morpholine rings is 1. The molecule has 2 atom stereocenters. The maximum atomic E-state index is 6.09. The van der Waals surface area contributed by atoms with E-state index in [1.54, 1.807) is 0 Å². The minimum atomic E-state index is 0.0679. The van der Waals surface area contributed by atoms with Crippen molar-refractivity contribution in [1.29, 1.82) is 0 Å². The molecule has 18 heavy (non-hydrogen) atoms. The van der Waals surface area contributed by atoms with Crippen molar-refractivity contribution >= 4 is 0 Å². The maximum Gasteiger partial charge on any atom is 0.0949 e. The van der Waals surface area contributed by atoms with Gasteiger partial charge in [-0.3, -0.25) is 4.90 Å². The number of hydrogen-bond donors (Lipinski definition) is 1. The van der Waals surface area contributed by atoms with Gasteiger partial charge in [0.2, 0.25) is 0 Å². The summed E-state index contributed by atoms with van der Waals surface area (Å²) in [7, 11) is 0. The molecule has 1 aliphatic heterocycles. The minimum Gasteiger partial charge on any atom is -0.374 e. The maximum absolute atomic E-state index is 6.09. The summed E-state index contributed by atoms with van der Waals surface area (Å²) in [5.41, 5.74) is 7.19. The summed E-state index contributed by atoms with van der Waals surface area (Å²) < 4.78 is 7.96. The highest BCUT2D eigenvalue weighted by Gasteiger charge is 2.21. The summed E-state index contributed by atoms with van der Waals surface area (Å²) in [6.45, 7) is 9.08. The van der Waals surface area contributed by atoms with E-state index in [0.717, 1.165) is 44.9 Å². The quantitative estimate of drug-likeness (QED) is 0.850. The molecule has 0 amide bonds. The lowest BCUT2D eigenvalue weighted by atomic mass is 10.2. The third kappa shape index (κ3) is 3.10. The fraction of sp³-hybridized carbons (Fsp3) is 0.769. The van der Waals surface area contributed by atoms with Crippen molar-refractivity contribution in [1.82, 2.24) is 14.5 Å². The molecule has 0 aromatic carbocycles. The molecule has 5 nitrogen and oxygen atoms in total. The highest BCUT2D eigenvalue weighted by atomic mass is 16.5. The third-order valence-electron chi connectivity index (χ3n) is 3.63. The first-order valence-corrected chi connectivity index (χ1v) is 6.84. The second kappa shape index (κ2) is 6.31. The van der Waals surface area contributed by atoms with Gasteiger partial charge in [0, 0.05) is 25.3 Å². The van der Waals surface area contributed by atoms with E-state index in [-0.39, 0.29) is 12.1 Å². The molecule has 0 radical (unpaired) electrons. The smallest absolute Gasteiger partial charge is 0.0949 e. The van der Waals surface area contributed by atoms with Gasteiger partial charge in [0.15, 0.2) is 0 Å². The molecule has 1 aliphatic rings. The molecule has 2 N–H and O–H groups in total. The first-order valence-electron chi connectivity index (χ1n) is 6.84. The number of aromatic nitrogens is 2. The fourth-order valence-electron chi connectivity index (χ4n) is 2.40. The third-order valence-corrected chi connectivity index (χ3v) is 3.63. The number of nitrogens with zero attached hydrogens (tertiary/aromatic N) is 3. The predicted molar refractivity (Wildman–Crippen MR) is 71.3 cm³/mol. The average molecular weight is 252 g/mol. The van der Waals surface area contributed by atoms with Crippen LogP contribution in [0.25, 0.3) is 0 Å². The molecule has 5 heteroatoms. The van der Waals surface area contributed by atoms with E-state index < -0.39 is 0 Å². The van der Waals surface area contributed by atoms with Gasteiger partial charge in [-0.05, 0) is 13.0 Å². The fourth-order valence-corrected chi connectivity index (χ4v) is 2.40. The number of likely N-dealkylation sites (N-methyl/N-ethyl adjacent to an activating group) is 1. The van der Waals surface area contributed by atoms with E-state index in [1.165, 1.54) is 0 Å². The predicted octanol–water partition coefficient (Wildman–Crippen LogP) is 1.01. The van der Waals surface area contributed by atoms with Gasteiger partial charge in [-0.2, -0.15) is 0 Å². The minimum absolute atomic E-state index is 0.0679. The summed E-state index contributed by atoms with van der Waals surface area (Å²) in [4.78, 5) is 6.63. The first kappa shape index (κ1) is 13.5. The van der Waals surface area contributed by atoms with Gasteiger partial charge in [0.25, 0.3) is 0 Å². The molecule has 0 saturated carbocycles. The zero-order chi connectivity index (χ0) is 13.0. The molecule has 2 rings (SSSR count). The van der Waals surface area contributed by atoms with Gasteiger partial charge in [0.05, 0.1) is 31.3 Å². The molecule has 1 aromatic heterocycles. The van der Waals surface area contributed by atoms with Gasteiger partial charge in [0.1, 0.15) is 0 Å². The Morgan fingerprint density at radius 2 is 2.39 bits per heavy atom. The molecule has 0 spiro atoms. The number of nitrogens with two attached hydrogens (primary N) is 1. The monoisotopic (exact) mass is 252 g/mol. The van der Waals surface area contributed by atoms with Crippen LogP contribution in [0.5, 0.6) is 0 Å². The Kier molecular flexibility index (Phi) is 4.74.